The van der Waals surface area contributed by atoms with Crippen molar-refractivity contribution < 1.29 is 10.3 Å². The predicted octanol–water partition coefficient (Wildman–Crippen LogP) is 1.03. The molecule has 10 heavy (non-hydrogen) atoms. The standard InChI is InChI=1S/C5H6N2O2S/c8-3-1-10-5-4(3)6-2-7(5)9/h1,6,8-9H,2H2. The van der Waals surface area contributed by atoms with Crippen molar-refractivity contribution in [3.8, 4) is 5.75 Å². The molecule has 1 aromatic heterocycles. The minimum atomic E-state index is 0.205. The van der Waals surface area contributed by atoms with E-state index in [-0.39, 0.29) is 5.75 Å². The van der Waals surface area contributed by atoms with Gasteiger partial charge in [0.1, 0.15) is 17.4 Å². The molecule has 54 valence electrons. The highest BCUT2D eigenvalue weighted by Crippen LogP contribution is 2.43. The minimum Gasteiger partial charge on any atom is -0.505 e. The highest BCUT2D eigenvalue weighted by molar-refractivity contribution is 7.15. The Kier molecular flexibility index (Phi) is 1.03. The summed E-state index contributed by atoms with van der Waals surface area (Å²) in [6, 6.07) is 0. The van der Waals surface area contributed by atoms with Crippen molar-refractivity contribution in [2.75, 3.05) is 17.0 Å². The Labute approximate surface area is 61.3 Å². The molecule has 4 nitrogen and oxygen atoms in total. The highest BCUT2D eigenvalue weighted by Gasteiger charge is 2.21. The minimum absolute atomic E-state index is 0.205. The zero-order chi connectivity index (χ0) is 7.14. The van der Waals surface area contributed by atoms with Gasteiger partial charge < -0.3 is 10.4 Å². The van der Waals surface area contributed by atoms with Gasteiger partial charge >= 0.3 is 0 Å². The van der Waals surface area contributed by atoms with Gasteiger partial charge in [0, 0.05) is 5.38 Å². The zero-order valence-electron chi connectivity index (χ0n) is 5.03. The van der Waals surface area contributed by atoms with E-state index in [2.05, 4.69) is 5.32 Å². The lowest BCUT2D eigenvalue weighted by Crippen LogP contribution is -2.16. The van der Waals surface area contributed by atoms with Crippen LogP contribution in [0.25, 0.3) is 0 Å². The molecule has 0 saturated heterocycles. The van der Waals surface area contributed by atoms with Crippen molar-refractivity contribution >= 4 is 22.0 Å². The Balaban J connectivity index is 2.53. The van der Waals surface area contributed by atoms with Gasteiger partial charge in [-0.05, 0) is 0 Å². The van der Waals surface area contributed by atoms with Gasteiger partial charge in [0.25, 0.3) is 0 Å². The van der Waals surface area contributed by atoms with Gasteiger partial charge in [-0.15, -0.1) is 11.3 Å². The van der Waals surface area contributed by atoms with Crippen LogP contribution in [0.15, 0.2) is 5.38 Å². The third-order valence-electron chi connectivity index (χ3n) is 1.39. The summed E-state index contributed by atoms with van der Waals surface area (Å²) in [7, 11) is 0. The molecule has 5 heteroatoms. The molecule has 0 unspecified atom stereocenters. The normalized spacial score (nSPS) is 15.1. The summed E-state index contributed by atoms with van der Waals surface area (Å²) in [4.78, 5) is 0. The quantitative estimate of drug-likeness (QED) is 0.528. The molecule has 0 aliphatic carbocycles. The number of anilines is 2. The number of thiophene rings is 1. The number of aromatic hydroxyl groups is 1. The van der Waals surface area contributed by atoms with Crippen molar-refractivity contribution in [1.29, 1.82) is 0 Å². The second-order valence-corrected chi connectivity index (χ2v) is 2.89. The van der Waals surface area contributed by atoms with Crippen LogP contribution in [0, 0.1) is 0 Å². The molecule has 1 aliphatic heterocycles. The van der Waals surface area contributed by atoms with E-state index in [9.17, 15) is 0 Å². The molecule has 0 spiro atoms. The van der Waals surface area contributed by atoms with Crippen molar-refractivity contribution in [1.82, 2.24) is 0 Å². The summed E-state index contributed by atoms with van der Waals surface area (Å²) < 4.78 is 0. The van der Waals surface area contributed by atoms with Crippen LogP contribution in [0.5, 0.6) is 5.75 Å². The van der Waals surface area contributed by atoms with E-state index in [4.69, 9.17) is 10.3 Å². The molecule has 0 aromatic carbocycles. The van der Waals surface area contributed by atoms with Gasteiger partial charge in [-0.3, -0.25) is 5.21 Å². The number of hydroxylamine groups is 1. The smallest absolute Gasteiger partial charge is 0.151 e. The highest BCUT2D eigenvalue weighted by atomic mass is 32.1. The summed E-state index contributed by atoms with van der Waals surface area (Å²) in [5.41, 5.74) is 0.632. The molecule has 0 amide bonds. The molecular weight excluding hydrogens is 152 g/mol. The first-order chi connectivity index (χ1) is 4.79. The maximum atomic E-state index is 9.10. The summed E-state index contributed by atoms with van der Waals surface area (Å²) in [6.07, 6.45) is 0. The van der Waals surface area contributed by atoms with Crippen molar-refractivity contribution in [2.24, 2.45) is 0 Å². The molecule has 3 N–H and O–H groups in total. The first-order valence-corrected chi connectivity index (χ1v) is 3.68. The van der Waals surface area contributed by atoms with Crippen LogP contribution in [0.1, 0.15) is 0 Å². The number of hydrogen-bond acceptors (Lipinski definition) is 5. The van der Waals surface area contributed by atoms with Crippen LogP contribution < -0.4 is 10.4 Å². The fraction of sp³-hybridized carbons (Fsp3) is 0.200. The van der Waals surface area contributed by atoms with Gasteiger partial charge in [0.2, 0.25) is 0 Å². The fourth-order valence-electron chi connectivity index (χ4n) is 0.921. The molecule has 0 radical (unpaired) electrons. The number of rotatable bonds is 0. The third kappa shape index (κ3) is 0.585. The van der Waals surface area contributed by atoms with E-state index in [1.807, 2.05) is 0 Å². The Bertz CT molecular complexity index is 260. The Morgan fingerprint density at radius 2 is 2.50 bits per heavy atom. The van der Waals surface area contributed by atoms with Crippen LogP contribution in [0.2, 0.25) is 0 Å². The molecule has 0 bridgehead atoms. The van der Waals surface area contributed by atoms with Crippen LogP contribution in [0.4, 0.5) is 10.7 Å². The van der Waals surface area contributed by atoms with Crippen LogP contribution in [-0.2, 0) is 0 Å². The van der Waals surface area contributed by atoms with Crippen molar-refractivity contribution in [2.45, 2.75) is 0 Å². The molecular formula is C5H6N2O2S. The Hall–Kier alpha value is -0.940. The van der Waals surface area contributed by atoms with E-state index >= 15 is 0 Å². The van der Waals surface area contributed by atoms with E-state index in [1.165, 1.54) is 11.3 Å². The molecule has 0 fully saturated rings. The van der Waals surface area contributed by atoms with Crippen molar-refractivity contribution in [3.63, 3.8) is 0 Å². The van der Waals surface area contributed by atoms with E-state index in [0.29, 0.717) is 17.4 Å². The summed E-state index contributed by atoms with van der Waals surface area (Å²) in [5, 5.41) is 24.3. The summed E-state index contributed by atoms with van der Waals surface area (Å²) in [6.45, 7) is 0.357. The summed E-state index contributed by atoms with van der Waals surface area (Å²) in [5.74, 6) is 0.205. The number of nitrogens with zero attached hydrogens (tertiary/aromatic N) is 1. The molecule has 1 aliphatic rings. The summed E-state index contributed by atoms with van der Waals surface area (Å²) >= 11 is 1.31. The monoisotopic (exact) mass is 158 g/mol. The van der Waals surface area contributed by atoms with Gasteiger partial charge in [-0.2, -0.15) is 0 Å². The van der Waals surface area contributed by atoms with Crippen LogP contribution in [-0.4, -0.2) is 17.0 Å². The molecule has 0 saturated carbocycles. The van der Waals surface area contributed by atoms with E-state index < -0.39 is 0 Å². The van der Waals surface area contributed by atoms with E-state index in [0.717, 1.165) is 5.06 Å². The first kappa shape index (κ1) is 5.82. The second-order valence-electron chi connectivity index (χ2n) is 2.04. The average molecular weight is 158 g/mol. The largest absolute Gasteiger partial charge is 0.505 e. The lowest BCUT2D eigenvalue weighted by Gasteiger charge is -2.03. The number of nitrogens with one attached hydrogen (secondary N) is 1. The van der Waals surface area contributed by atoms with Gasteiger partial charge in [0.15, 0.2) is 5.75 Å². The SMILES string of the molecule is Oc1csc2c1NCN2O. The molecule has 2 rings (SSSR count). The maximum Gasteiger partial charge on any atom is 0.151 e. The molecule has 1 aromatic rings. The van der Waals surface area contributed by atoms with Crippen molar-refractivity contribution in [3.05, 3.63) is 5.38 Å². The zero-order valence-corrected chi connectivity index (χ0v) is 5.85. The fourth-order valence-corrected chi connectivity index (χ4v) is 1.74. The molecule has 0 atom stereocenters. The maximum absolute atomic E-state index is 9.10. The topological polar surface area (TPSA) is 55.7 Å². The van der Waals surface area contributed by atoms with Gasteiger partial charge in [0.05, 0.1) is 0 Å². The average Bonchev–Trinajstić information content (AvgIpc) is 2.41. The number of fused-ring (bicyclic) bond motifs is 1. The van der Waals surface area contributed by atoms with Gasteiger partial charge in [-0.1, -0.05) is 0 Å². The van der Waals surface area contributed by atoms with Gasteiger partial charge in [-0.25, -0.2) is 5.06 Å². The first-order valence-electron chi connectivity index (χ1n) is 2.80. The van der Waals surface area contributed by atoms with E-state index in [1.54, 1.807) is 5.38 Å². The Morgan fingerprint density at radius 3 is 3.20 bits per heavy atom. The second kappa shape index (κ2) is 1.77. The Morgan fingerprint density at radius 1 is 1.70 bits per heavy atom. The van der Waals surface area contributed by atoms with Crippen LogP contribution in [0.3, 0.4) is 0 Å². The lowest BCUT2D eigenvalue weighted by atomic mass is 10.5. The third-order valence-corrected chi connectivity index (χ3v) is 2.37. The van der Waals surface area contributed by atoms with Crippen LogP contribution >= 0.6 is 11.3 Å². The lowest BCUT2D eigenvalue weighted by molar-refractivity contribution is 0.270. The molecule has 2 heterocycles. The number of hydrogen-bond donors (Lipinski definition) is 3. The predicted molar refractivity (Wildman–Crippen MR) is 38.7 cm³/mol.